The molecule has 0 heterocycles. The highest BCUT2D eigenvalue weighted by molar-refractivity contribution is 7.56. The van der Waals surface area contributed by atoms with Crippen molar-refractivity contribution in [3.8, 4) is 0 Å². The molecule has 1 fully saturated rings. The average molecular weight is 353 g/mol. The Kier molecular flexibility index (Phi) is 6.21. The van der Waals surface area contributed by atoms with Gasteiger partial charge in [0.05, 0.1) is 13.2 Å². The van der Waals surface area contributed by atoms with E-state index in [0.717, 1.165) is 5.56 Å². The lowest BCUT2D eigenvalue weighted by Crippen LogP contribution is -2.39. The minimum absolute atomic E-state index is 0.134. The number of ether oxygens (including phenoxy) is 1. The molecule has 0 radical (unpaired) electrons. The maximum absolute atomic E-state index is 13.1. The molecule has 1 aromatic carbocycles. The first-order valence-corrected chi connectivity index (χ1v) is 9.56. The quantitative estimate of drug-likeness (QED) is 0.535. The molecular weight excluding hydrogens is 329 g/mol. The van der Waals surface area contributed by atoms with Crippen molar-refractivity contribution in [1.82, 2.24) is 5.32 Å². The molecule has 0 aromatic heterocycles. The smallest absolute Gasteiger partial charge is 0.408 e. The van der Waals surface area contributed by atoms with Crippen LogP contribution in [0.2, 0.25) is 0 Å². The predicted octanol–water partition coefficient (Wildman–Crippen LogP) is 4.08. The van der Waals surface area contributed by atoms with Gasteiger partial charge in [-0.3, -0.25) is 4.57 Å². The number of benzene rings is 1. The third-order valence-electron chi connectivity index (χ3n) is 3.89. The summed E-state index contributed by atoms with van der Waals surface area (Å²) < 4.78 is 29.2. The number of hydrogen-bond donors (Lipinski definition) is 1. The highest BCUT2D eigenvalue weighted by Gasteiger charge is 2.68. The van der Waals surface area contributed by atoms with Crippen LogP contribution >= 0.6 is 7.60 Å². The SMILES string of the molecule is C=C[C@@H]1C[C@]1(NC(=O)OCc1ccccc1)P(=O)(OCC)OCC. The van der Waals surface area contributed by atoms with Crippen LogP contribution in [0.1, 0.15) is 25.8 Å². The molecule has 0 spiro atoms. The summed E-state index contributed by atoms with van der Waals surface area (Å²) in [5.74, 6) is -0.175. The van der Waals surface area contributed by atoms with Gasteiger partial charge in [0.25, 0.3) is 0 Å². The summed E-state index contributed by atoms with van der Waals surface area (Å²) in [5.41, 5.74) is 0.871. The fourth-order valence-electron chi connectivity index (χ4n) is 2.63. The van der Waals surface area contributed by atoms with Crippen LogP contribution in [-0.4, -0.2) is 24.6 Å². The summed E-state index contributed by atoms with van der Waals surface area (Å²) in [6, 6.07) is 9.34. The van der Waals surface area contributed by atoms with E-state index in [-0.39, 0.29) is 25.7 Å². The van der Waals surface area contributed by atoms with Crippen molar-refractivity contribution >= 4 is 13.7 Å². The second-order valence-electron chi connectivity index (χ2n) is 5.49. The second-order valence-corrected chi connectivity index (χ2v) is 7.80. The van der Waals surface area contributed by atoms with Crippen molar-refractivity contribution in [2.75, 3.05) is 13.2 Å². The van der Waals surface area contributed by atoms with Crippen LogP contribution in [0.25, 0.3) is 0 Å². The Morgan fingerprint density at radius 2 is 1.96 bits per heavy atom. The van der Waals surface area contributed by atoms with Gasteiger partial charge in [-0.15, -0.1) is 6.58 Å². The summed E-state index contributed by atoms with van der Waals surface area (Å²) in [6.07, 6.45) is 1.46. The fourth-order valence-corrected chi connectivity index (χ4v) is 5.00. The molecule has 1 aliphatic carbocycles. The first-order valence-electron chi connectivity index (χ1n) is 8.02. The highest BCUT2D eigenvalue weighted by atomic mass is 31.2. The van der Waals surface area contributed by atoms with E-state index in [1.807, 2.05) is 30.3 Å². The van der Waals surface area contributed by atoms with Gasteiger partial charge < -0.3 is 19.1 Å². The van der Waals surface area contributed by atoms with Gasteiger partial charge >= 0.3 is 13.7 Å². The van der Waals surface area contributed by atoms with Crippen LogP contribution in [0.3, 0.4) is 0 Å². The van der Waals surface area contributed by atoms with Gasteiger partial charge in [0.1, 0.15) is 6.61 Å². The minimum atomic E-state index is -3.52. The van der Waals surface area contributed by atoms with Gasteiger partial charge in [-0.2, -0.15) is 0 Å². The monoisotopic (exact) mass is 353 g/mol. The van der Waals surface area contributed by atoms with Crippen molar-refractivity contribution in [2.24, 2.45) is 5.92 Å². The molecule has 7 heteroatoms. The number of nitrogens with one attached hydrogen (secondary N) is 1. The molecule has 24 heavy (non-hydrogen) atoms. The van der Waals surface area contributed by atoms with Gasteiger partial charge in [0.2, 0.25) is 0 Å². The summed E-state index contributed by atoms with van der Waals surface area (Å²) >= 11 is 0. The third-order valence-corrected chi connectivity index (χ3v) is 6.69. The van der Waals surface area contributed by atoms with Gasteiger partial charge in [0, 0.05) is 5.92 Å². The predicted molar refractivity (Wildman–Crippen MR) is 91.7 cm³/mol. The van der Waals surface area contributed by atoms with E-state index >= 15 is 0 Å². The zero-order valence-corrected chi connectivity index (χ0v) is 15.0. The number of alkyl carbamates (subject to hydrolysis) is 1. The zero-order valence-electron chi connectivity index (χ0n) is 14.1. The summed E-state index contributed by atoms with van der Waals surface area (Å²) in [6.45, 7) is 7.78. The number of hydrogen-bond acceptors (Lipinski definition) is 5. The number of carbonyl (C=O) groups is 1. The molecule has 6 nitrogen and oxygen atoms in total. The maximum atomic E-state index is 13.1. The molecule has 1 aromatic rings. The van der Waals surface area contributed by atoms with E-state index < -0.39 is 19.0 Å². The lowest BCUT2D eigenvalue weighted by molar-refractivity contribution is 0.132. The van der Waals surface area contributed by atoms with Crippen molar-refractivity contribution in [3.63, 3.8) is 0 Å². The largest absolute Gasteiger partial charge is 0.445 e. The first kappa shape index (κ1) is 18.7. The molecule has 0 aliphatic heterocycles. The zero-order chi connectivity index (χ0) is 17.6. The second kappa shape index (κ2) is 7.97. The Morgan fingerprint density at radius 3 is 2.46 bits per heavy atom. The van der Waals surface area contributed by atoms with E-state index in [0.29, 0.717) is 6.42 Å². The molecule has 2 atom stereocenters. The van der Waals surface area contributed by atoms with Crippen LogP contribution in [0.4, 0.5) is 4.79 Å². The van der Waals surface area contributed by atoms with Gasteiger partial charge in [-0.1, -0.05) is 36.4 Å². The van der Waals surface area contributed by atoms with Crippen molar-refractivity contribution < 1.29 is 23.1 Å². The summed E-state index contributed by atoms with van der Waals surface area (Å²) in [4.78, 5) is 12.2. The fraction of sp³-hybridized carbons (Fsp3) is 0.471. The highest BCUT2D eigenvalue weighted by Crippen LogP contribution is 2.72. The summed E-state index contributed by atoms with van der Waals surface area (Å²) in [5, 5.41) is 1.61. The molecule has 2 rings (SSSR count). The average Bonchev–Trinajstić information content (AvgIpc) is 3.29. The van der Waals surface area contributed by atoms with Crippen LogP contribution in [0.15, 0.2) is 43.0 Å². The molecule has 1 aliphatic rings. The normalized spacial score (nSPS) is 22.7. The molecule has 0 saturated heterocycles. The molecule has 0 bridgehead atoms. The number of rotatable bonds is 9. The lowest BCUT2D eigenvalue weighted by atomic mass is 10.2. The topological polar surface area (TPSA) is 73.9 Å². The van der Waals surface area contributed by atoms with Gasteiger partial charge in [-0.05, 0) is 25.8 Å². The van der Waals surface area contributed by atoms with E-state index in [1.54, 1.807) is 19.9 Å². The van der Waals surface area contributed by atoms with E-state index in [9.17, 15) is 9.36 Å². The Bertz CT molecular complexity index is 611. The van der Waals surface area contributed by atoms with Crippen LogP contribution in [0, 0.1) is 5.92 Å². The van der Waals surface area contributed by atoms with E-state index in [4.69, 9.17) is 13.8 Å². The number of carbonyl (C=O) groups excluding carboxylic acids is 1. The molecule has 1 amide bonds. The Morgan fingerprint density at radius 1 is 1.33 bits per heavy atom. The Hall–Kier alpha value is -1.62. The molecule has 1 saturated carbocycles. The summed E-state index contributed by atoms with van der Waals surface area (Å²) in [7, 11) is -3.52. The van der Waals surface area contributed by atoms with Crippen LogP contribution in [-0.2, 0) is 25.0 Å². The van der Waals surface area contributed by atoms with E-state index in [2.05, 4.69) is 11.9 Å². The van der Waals surface area contributed by atoms with Crippen LogP contribution in [0.5, 0.6) is 0 Å². The standard InChI is InChI=1S/C17H24NO5P/c1-4-15-12-17(15,24(20,22-5-2)23-6-3)18-16(19)21-13-14-10-8-7-9-11-14/h4,7-11,15H,1,5-6,12-13H2,2-3H3,(H,18,19)/t15-,17+/m1/s1. The molecule has 0 unspecified atom stereocenters. The van der Waals surface area contributed by atoms with Crippen molar-refractivity contribution in [3.05, 3.63) is 48.6 Å². The lowest BCUT2D eigenvalue weighted by Gasteiger charge is -2.27. The minimum Gasteiger partial charge on any atom is -0.445 e. The first-order chi connectivity index (χ1) is 11.5. The molecular formula is C17H24NO5P. The van der Waals surface area contributed by atoms with Crippen LogP contribution < -0.4 is 5.32 Å². The Balaban J connectivity index is 2.06. The molecule has 1 N–H and O–H groups in total. The third kappa shape index (κ3) is 3.89. The van der Waals surface area contributed by atoms with Gasteiger partial charge in [0.15, 0.2) is 5.28 Å². The van der Waals surface area contributed by atoms with Crippen molar-refractivity contribution in [2.45, 2.75) is 32.2 Å². The Labute approximate surface area is 142 Å². The molecule has 132 valence electrons. The maximum Gasteiger partial charge on any atom is 0.408 e. The van der Waals surface area contributed by atoms with Gasteiger partial charge in [-0.25, -0.2) is 4.79 Å². The number of amides is 1. The van der Waals surface area contributed by atoms with Crippen molar-refractivity contribution in [1.29, 1.82) is 0 Å². The van der Waals surface area contributed by atoms with E-state index in [1.165, 1.54) is 0 Å².